The van der Waals surface area contributed by atoms with Gasteiger partial charge in [-0.25, -0.2) is 0 Å². The second-order valence-corrected chi connectivity index (χ2v) is 7.26. The van der Waals surface area contributed by atoms with Crippen LogP contribution in [-0.2, 0) is 16.0 Å². The first-order valence-electron chi connectivity index (χ1n) is 8.61. The summed E-state index contributed by atoms with van der Waals surface area (Å²) in [6, 6.07) is 5.81. The second kappa shape index (κ2) is 12.0. The minimum absolute atomic E-state index is 0. The summed E-state index contributed by atoms with van der Waals surface area (Å²) in [5.41, 5.74) is 1.16. The Hall–Kier alpha value is -0.540. The topological polar surface area (TPSA) is 53.9 Å². The number of hydrogen-bond acceptors (Lipinski definition) is 3. The Labute approximate surface area is 186 Å². The van der Waals surface area contributed by atoms with E-state index in [2.05, 4.69) is 31.1 Å². The number of guanidine groups is 1. The molecule has 1 fully saturated rings. The van der Waals surface area contributed by atoms with Gasteiger partial charge in [0.25, 0.3) is 0 Å². The zero-order chi connectivity index (χ0) is 18.2. The average Bonchev–Trinajstić information content (AvgIpc) is 2.62. The molecule has 1 aromatic carbocycles. The Morgan fingerprint density at radius 2 is 2.12 bits per heavy atom. The normalized spacial score (nSPS) is 15.4. The van der Waals surface area contributed by atoms with Gasteiger partial charge in [0.2, 0.25) is 0 Å². The number of carbonyl (C=O) groups is 1. The van der Waals surface area contributed by atoms with Crippen LogP contribution in [0.5, 0.6) is 0 Å². The first-order valence-corrected chi connectivity index (χ1v) is 9.78. The van der Waals surface area contributed by atoms with Gasteiger partial charge in [0.1, 0.15) is 0 Å². The fraction of sp³-hybridized carbons (Fsp3) is 0.556. The molecule has 0 atom stereocenters. The molecular formula is C18H26BrClIN3O2. The number of nitrogens with one attached hydrogen (secondary N) is 1. The Morgan fingerprint density at radius 1 is 1.42 bits per heavy atom. The van der Waals surface area contributed by atoms with Crippen LogP contribution >= 0.6 is 51.5 Å². The monoisotopic (exact) mass is 557 g/mol. The molecule has 1 aliphatic rings. The lowest BCUT2D eigenvalue weighted by Gasteiger charge is -2.33. The minimum Gasteiger partial charge on any atom is -0.466 e. The first kappa shape index (κ1) is 23.5. The molecule has 5 nitrogen and oxygen atoms in total. The zero-order valence-electron chi connectivity index (χ0n) is 15.1. The molecule has 0 unspecified atom stereocenters. The van der Waals surface area contributed by atoms with E-state index >= 15 is 0 Å². The predicted molar refractivity (Wildman–Crippen MR) is 121 cm³/mol. The van der Waals surface area contributed by atoms with Crippen LogP contribution < -0.4 is 5.32 Å². The molecule has 1 N–H and O–H groups in total. The van der Waals surface area contributed by atoms with Crippen molar-refractivity contribution in [3.05, 3.63) is 33.3 Å². The number of aliphatic imine (C=N–C) groups is 1. The summed E-state index contributed by atoms with van der Waals surface area (Å²) >= 11 is 9.61. The maximum Gasteiger partial charge on any atom is 0.309 e. The lowest BCUT2D eigenvalue weighted by molar-refractivity contribution is -0.149. The van der Waals surface area contributed by atoms with E-state index in [0.29, 0.717) is 6.61 Å². The van der Waals surface area contributed by atoms with Crippen molar-refractivity contribution in [3.63, 3.8) is 0 Å². The highest BCUT2D eigenvalue weighted by Crippen LogP contribution is 2.22. The summed E-state index contributed by atoms with van der Waals surface area (Å²) in [6.07, 6.45) is 2.46. The molecule has 0 aromatic heterocycles. The summed E-state index contributed by atoms with van der Waals surface area (Å²) < 4.78 is 6.18. The molecule has 0 aliphatic carbocycles. The van der Waals surface area contributed by atoms with E-state index in [4.69, 9.17) is 16.3 Å². The number of carbonyl (C=O) groups excluding carboxylic acids is 1. The van der Waals surface area contributed by atoms with Crippen molar-refractivity contribution in [2.75, 3.05) is 33.3 Å². The van der Waals surface area contributed by atoms with Crippen LogP contribution in [0.15, 0.2) is 27.7 Å². The van der Waals surface area contributed by atoms with Crippen LogP contribution in [0.1, 0.15) is 25.3 Å². The minimum atomic E-state index is -0.0732. The molecular weight excluding hydrogens is 532 g/mol. The molecule has 0 bridgehead atoms. The van der Waals surface area contributed by atoms with E-state index in [-0.39, 0.29) is 35.9 Å². The van der Waals surface area contributed by atoms with Crippen LogP contribution in [-0.4, -0.2) is 50.1 Å². The number of rotatable bonds is 5. The van der Waals surface area contributed by atoms with Gasteiger partial charge in [0, 0.05) is 36.2 Å². The SMILES string of the molecule is CCOC(=O)C1CCN(C(=NC)NCCc2cc(Cl)ccc2Br)CC1.I. The zero-order valence-corrected chi connectivity index (χ0v) is 19.8. The van der Waals surface area contributed by atoms with Gasteiger partial charge in [-0.2, -0.15) is 0 Å². The smallest absolute Gasteiger partial charge is 0.309 e. The molecule has 1 aromatic rings. The van der Waals surface area contributed by atoms with Crippen LogP contribution in [0.2, 0.25) is 5.02 Å². The van der Waals surface area contributed by atoms with Crippen LogP contribution in [0, 0.1) is 5.92 Å². The second-order valence-electron chi connectivity index (χ2n) is 5.97. The van der Waals surface area contributed by atoms with E-state index in [1.54, 1.807) is 7.05 Å². The van der Waals surface area contributed by atoms with Crippen molar-refractivity contribution >= 4 is 63.4 Å². The molecule has 1 heterocycles. The number of hydrogen-bond donors (Lipinski definition) is 1. The van der Waals surface area contributed by atoms with E-state index in [1.165, 1.54) is 0 Å². The van der Waals surface area contributed by atoms with E-state index in [1.807, 2.05) is 25.1 Å². The molecule has 0 amide bonds. The Kier molecular flexibility index (Phi) is 10.9. The van der Waals surface area contributed by atoms with Gasteiger partial charge in [0.15, 0.2) is 5.96 Å². The Morgan fingerprint density at radius 3 is 2.73 bits per heavy atom. The molecule has 0 radical (unpaired) electrons. The van der Waals surface area contributed by atoms with Crippen molar-refractivity contribution in [1.29, 1.82) is 0 Å². The fourth-order valence-electron chi connectivity index (χ4n) is 2.96. The third-order valence-electron chi connectivity index (χ3n) is 4.31. The summed E-state index contributed by atoms with van der Waals surface area (Å²) in [6.45, 7) is 4.68. The number of nitrogens with zero attached hydrogens (tertiary/aromatic N) is 2. The Bertz CT molecular complexity index is 622. The lowest BCUT2D eigenvalue weighted by Crippen LogP contribution is -2.47. The van der Waals surface area contributed by atoms with Crippen molar-refractivity contribution in [2.24, 2.45) is 10.9 Å². The van der Waals surface area contributed by atoms with Crippen LogP contribution in [0.25, 0.3) is 0 Å². The number of likely N-dealkylation sites (tertiary alicyclic amines) is 1. The van der Waals surface area contributed by atoms with Crippen molar-refractivity contribution in [2.45, 2.75) is 26.2 Å². The average molecular weight is 559 g/mol. The molecule has 2 rings (SSSR count). The largest absolute Gasteiger partial charge is 0.466 e. The lowest BCUT2D eigenvalue weighted by atomic mass is 9.97. The van der Waals surface area contributed by atoms with Gasteiger partial charge in [-0.15, -0.1) is 24.0 Å². The van der Waals surface area contributed by atoms with Crippen molar-refractivity contribution in [1.82, 2.24) is 10.2 Å². The predicted octanol–water partition coefficient (Wildman–Crippen LogP) is 4.11. The highest BCUT2D eigenvalue weighted by molar-refractivity contribution is 14.0. The van der Waals surface area contributed by atoms with E-state index < -0.39 is 0 Å². The summed E-state index contributed by atoms with van der Waals surface area (Å²) in [4.78, 5) is 18.4. The van der Waals surface area contributed by atoms with E-state index in [9.17, 15) is 4.79 Å². The Balaban J connectivity index is 0.00000338. The summed E-state index contributed by atoms with van der Waals surface area (Å²) in [7, 11) is 1.79. The molecule has 8 heteroatoms. The maximum absolute atomic E-state index is 11.8. The number of halogens is 3. The van der Waals surface area contributed by atoms with Crippen molar-refractivity contribution in [3.8, 4) is 0 Å². The highest BCUT2D eigenvalue weighted by atomic mass is 127. The molecule has 26 heavy (non-hydrogen) atoms. The number of esters is 1. The third-order valence-corrected chi connectivity index (χ3v) is 5.32. The molecule has 0 spiro atoms. The van der Waals surface area contributed by atoms with Gasteiger partial charge in [-0.1, -0.05) is 27.5 Å². The van der Waals surface area contributed by atoms with E-state index in [0.717, 1.165) is 59.9 Å². The maximum atomic E-state index is 11.8. The number of benzene rings is 1. The third kappa shape index (κ3) is 6.88. The molecule has 0 saturated carbocycles. The van der Waals surface area contributed by atoms with Gasteiger partial charge in [0.05, 0.1) is 12.5 Å². The van der Waals surface area contributed by atoms with Gasteiger partial charge < -0.3 is 15.0 Å². The standard InChI is InChI=1S/C18H25BrClN3O2.HI/c1-3-25-17(24)13-7-10-23(11-8-13)18(21-2)22-9-6-14-12-15(20)4-5-16(14)19;/h4-5,12-13H,3,6-11H2,1-2H3,(H,21,22);1H. The van der Waals surface area contributed by atoms with Crippen LogP contribution in [0.4, 0.5) is 0 Å². The first-order chi connectivity index (χ1) is 12.0. The summed E-state index contributed by atoms with van der Waals surface area (Å²) in [5.74, 6) is 0.813. The number of ether oxygens (including phenoxy) is 1. The highest BCUT2D eigenvalue weighted by Gasteiger charge is 2.27. The van der Waals surface area contributed by atoms with Gasteiger partial charge in [-0.05, 0) is 49.9 Å². The van der Waals surface area contributed by atoms with Gasteiger partial charge >= 0.3 is 5.97 Å². The van der Waals surface area contributed by atoms with Crippen LogP contribution in [0.3, 0.4) is 0 Å². The summed E-state index contributed by atoms with van der Waals surface area (Å²) in [5, 5.41) is 4.14. The molecule has 1 saturated heterocycles. The fourth-order valence-corrected chi connectivity index (χ4v) is 3.60. The van der Waals surface area contributed by atoms with Gasteiger partial charge in [-0.3, -0.25) is 9.79 Å². The quantitative estimate of drug-likeness (QED) is 0.256. The molecule has 1 aliphatic heterocycles. The molecule has 146 valence electrons. The number of piperidine rings is 1. The van der Waals surface area contributed by atoms with Crippen molar-refractivity contribution < 1.29 is 9.53 Å².